The van der Waals surface area contributed by atoms with Crippen LogP contribution in [-0.4, -0.2) is 30.0 Å². The second-order valence-corrected chi connectivity index (χ2v) is 5.70. The Labute approximate surface area is 139 Å². The summed E-state index contributed by atoms with van der Waals surface area (Å²) in [4.78, 5) is 33.9. The van der Waals surface area contributed by atoms with Crippen LogP contribution in [-0.2, 0) is 16.1 Å². The third-order valence-corrected chi connectivity index (χ3v) is 3.85. The van der Waals surface area contributed by atoms with Crippen molar-refractivity contribution in [1.29, 1.82) is 0 Å². The van der Waals surface area contributed by atoms with Gasteiger partial charge in [-0.2, -0.15) is 0 Å². The quantitative estimate of drug-likeness (QED) is 0.527. The lowest BCUT2D eigenvalue weighted by Gasteiger charge is -2.17. The molecule has 0 saturated heterocycles. The van der Waals surface area contributed by atoms with Crippen molar-refractivity contribution in [2.75, 3.05) is 0 Å². The fraction of sp³-hybridized carbons (Fsp3) is 0.438. The zero-order valence-electron chi connectivity index (χ0n) is 13.3. The average Bonchev–Trinajstić information content (AvgIpc) is 3.04. The molecule has 1 aromatic carbocycles. The van der Waals surface area contributed by atoms with Gasteiger partial charge < -0.3 is 26.8 Å². The maximum atomic E-state index is 11.8. The minimum Gasteiger partial charge on any atom is -0.490 e. The highest BCUT2D eigenvalue weighted by molar-refractivity contribution is 6.05. The van der Waals surface area contributed by atoms with Gasteiger partial charge in [-0.25, -0.2) is 4.79 Å². The summed E-state index contributed by atoms with van der Waals surface area (Å²) in [5.41, 5.74) is 10.8. The molecule has 0 atom stereocenters. The lowest BCUT2D eigenvalue weighted by molar-refractivity contribution is -0.128. The highest BCUT2D eigenvalue weighted by atomic mass is 16.5. The second kappa shape index (κ2) is 8.19. The number of primary amides is 2. The summed E-state index contributed by atoms with van der Waals surface area (Å²) in [6.07, 6.45) is 4.58. The number of benzene rings is 1. The standard InChI is InChI=1S/C16H22N4O4/c17-14(21)13(15(18)22)20-16(23)19-9-10-5-1-4-8-12(10)24-11-6-2-3-7-11/h1,4-5,8,11,13H,2-3,6-7,9H2,(H2,17,21)(H2,18,22)(H2,19,20,23). The summed E-state index contributed by atoms with van der Waals surface area (Å²) in [5, 5.41) is 4.70. The summed E-state index contributed by atoms with van der Waals surface area (Å²) < 4.78 is 5.98. The smallest absolute Gasteiger partial charge is 0.316 e. The minimum atomic E-state index is -1.55. The molecule has 1 saturated carbocycles. The Morgan fingerprint density at radius 2 is 1.75 bits per heavy atom. The number of hydrogen-bond donors (Lipinski definition) is 4. The SMILES string of the molecule is NC(=O)C(NC(=O)NCc1ccccc1OC1CCCC1)C(N)=O. The Balaban J connectivity index is 1.92. The summed E-state index contributed by atoms with van der Waals surface area (Å²) in [5.74, 6) is -1.31. The van der Waals surface area contributed by atoms with E-state index in [1.54, 1.807) is 0 Å². The number of para-hydroxylation sites is 1. The molecule has 0 radical (unpaired) electrons. The molecule has 1 aliphatic rings. The maximum Gasteiger partial charge on any atom is 0.316 e. The molecule has 6 N–H and O–H groups in total. The van der Waals surface area contributed by atoms with Crippen LogP contribution in [0.2, 0.25) is 0 Å². The molecule has 0 spiro atoms. The molecular weight excluding hydrogens is 312 g/mol. The molecule has 1 aromatic rings. The van der Waals surface area contributed by atoms with Crippen molar-refractivity contribution in [3.63, 3.8) is 0 Å². The first-order valence-electron chi connectivity index (χ1n) is 7.85. The normalized spacial score (nSPS) is 14.4. The lowest BCUT2D eigenvalue weighted by atomic mass is 10.2. The number of carbonyl (C=O) groups excluding carboxylic acids is 3. The van der Waals surface area contributed by atoms with Crippen LogP contribution < -0.4 is 26.8 Å². The van der Waals surface area contributed by atoms with E-state index in [1.165, 1.54) is 0 Å². The van der Waals surface area contributed by atoms with E-state index < -0.39 is 23.9 Å². The van der Waals surface area contributed by atoms with E-state index in [9.17, 15) is 14.4 Å². The van der Waals surface area contributed by atoms with E-state index in [1.807, 2.05) is 24.3 Å². The van der Waals surface area contributed by atoms with E-state index in [-0.39, 0.29) is 12.6 Å². The van der Waals surface area contributed by atoms with Gasteiger partial charge in [-0.1, -0.05) is 18.2 Å². The van der Waals surface area contributed by atoms with Crippen molar-refractivity contribution in [2.24, 2.45) is 11.5 Å². The maximum absolute atomic E-state index is 11.8. The third kappa shape index (κ3) is 4.87. The number of hydrogen-bond acceptors (Lipinski definition) is 4. The van der Waals surface area contributed by atoms with Crippen LogP contribution in [0.5, 0.6) is 5.75 Å². The Hall–Kier alpha value is -2.77. The molecule has 4 amide bonds. The predicted octanol–water partition coefficient (Wildman–Crippen LogP) is 0.146. The largest absolute Gasteiger partial charge is 0.490 e. The molecule has 24 heavy (non-hydrogen) atoms. The van der Waals surface area contributed by atoms with Gasteiger partial charge in [0, 0.05) is 12.1 Å². The molecule has 0 heterocycles. The summed E-state index contributed by atoms with van der Waals surface area (Å²) in [6, 6.07) is 5.13. The van der Waals surface area contributed by atoms with Gasteiger partial charge in [0.2, 0.25) is 11.8 Å². The van der Waals surface area contributed by atoms with E-state index in [4.69, 9.17) is 16.2 Å². The molecule has 0 aromatic heterocycles. The Kier molecular flexibility index (Phi) is 6.00. The molecule has 0 bridgehead atoms. The summed E-state index contributed by atoms with van der Waals surface area (Å²) in [6.45, 7) is 0.180. The van der Waals surface area contributed by atoms with Crippen LogP contribution in [0, 0.1) is 0 Å². The van der Waals surface area contributed by atoms with Crippen LogP contribution in [0.4, 0.5) is 4.79 Å². The highest BCUT2D eigenvalue weighted by Gasteiger charge is 2.24. The Morgan fingerprint density at radius 3 is 2.38 bits per heavy atom. The molecule has 8 heteroatoms. The monoisotopic (exact) mass is 334 g/mol. The number of nitrogens with one attached hydrogen (secondary N) is 2. The zero-order chi connectivity index (χ0) is 17.5. The van der Waals surface area contributed by atoms with Crippen molar-refractivity contribution in [2.45, 2.75) is 44.4 Å². The first-order valence-corrected chi connectivity index (χ1v) is 7.85. The van der Waals surface area contributed by atoms with Crippen molar-refractivity contribution in [3.05, 3.63) is 29.8 Å². The van der Waals surface area contributed by atoms with Crippen molar-refractivity contribution in [1.82, 2.24) is 10.6 Å². The van der Waals surface area contributed by atoms with Crippen molar-refractivity contribution in [3.8, 4) is 5.75 Å². The zero-order valence-corrected chi connectivity index (χ0v) is 13.3. The number of nitrogens with two attached hydrogens (primary N) is 2. The van der Waals surface area contributed by atoms with Gasteiger partial charge in [0.15, 0.2) is 6.04 Å². The Morgan fingerprint density at radius 1 is 1.12 bits per heavy atom. The first-order chi connectivity index (χ1) is 11.5. The number of ether oxygens (including phenoxy) is 1. The van der Waals surface area contributed by atoms with Crippen LogP contribution in [0.25, 0.3) is 0 Å². The van der Waals surface area contributed by atoms with Gasteiger partial charge in [-0.05, 0) is 31.7 Å². The average molecular weight is 334 g/mol. The van der Waals surface area contributed by atoms with Gasteiger partial charge in [0.1, 0.15) is 5.75 Å². The molecule has 8 nitrogen and oxygen atoms in total. The lowest BCUT2D eigenvalue weighted by Crippen LogP contribution is -2.54. The van der Waals surface area contributed by atoms with E-state index >= 15 is 0 Å². The van der Waals surface area contributed by atoms with Crippen LogP contribution >= 0.6 is 0 Å². The van der Waals surface area contributed by atoms with Gasteiger partial charge >= 0.3 is 6.03 Å². The fourth-order valence-electron chi connectivity index (χ4n) is 2.59. The number of urea groups is 1. The molecule has 130 valence electrons. The third-order valence-electron chi connectivity index (χ3n) is 3.85. The fourth-order valence-corrected chi connectivity index (χ4v) is 2.59. The topological polar surface area (TPSA) is 137 Å². The minimum absolute atomic E-state index is 0.180. The first kappa shape index (κ1) is 17.6. The van der Waals surface area contributed by atoms with Crippen LogP contribution in [0.3, 0.4) is 0 Å². The molecule has 0 aliphatic heterocycles. The number of rotatable bonds is 7. The summed E-state index contributed by atoms with van der Waals surface area (Å²) in [7, 11) is 0. The number of carbonyl (C=O) groups is 3. The van der Waals surface area contributed by atoms with E-state index in [0.717, 1.165) is 31.2 Å². The molecular formula is C16H22N4O4. The summed E-state index contributed by atoms with van der Waals surface area (Å²) >= 11 is 0. The van der Waals surface area contributed by atoms with Gasteiger partial charge in [0.05, 0.1) is 6.10 Å². The van der Waals surface area contributed by atoms with E-state index in [2.05, 4.69) is 10.6 Å². The van der Waals surface area contributed by atoms with Crippen molar-refractivity contribution >= 4 is 17.8 Å². The predicted molar refractivity (Wildman–Crippen MR) is 86.9 cm³/mol. The van der Waals surface area contributed by atoms with Crippen LogP contribution in [0.1, 0.15) is 31.2 Å². The van der Waals surface area contributed by atoms with Crippen molar-refractivity contribution < 1.29 is 19.1 Å². The molecule has 2 rings (SSSR count). The van der Waals surface area contributed by atoms with Crippen LogP contribution in [0.15, 0.2) is 24.3 Å². The number of amides is 4. The molecule has 1 fully saturated rings. The molecule has 1 aliphatic carbocycles. The van der Waals surface area contributed by atoms with E-state index in [0.29, 0.717) is 5.75 Å². The highest BCUT2D eigenvalue weighted by Crippen LogP contribution is 2.26. The Bertz CT molecular complexity index is 600. The molecule has 0 unspecified atom stereocenters. The van der Waals surface area contributed by atoms with Gasteiger partial charge in [-0.3, -0.25) is 9.59 Å². The second-order valence-electron chi connectivity index (χ2n) is 5.70. The van der Waals surface area contributed by atoms with Gasteiger partial charge in [0.25, 0.3) is 0 Å². The van der Waals surface area contributed by atoms with Gasteiger partial charge in [-0.15, -0.1) is 0 Å².